The van der Waals surface area contributed by atoms with Crippen LogP contribution in [0.4, 0.5) is 17.3 Å². The summed E-state index contributed by atoms with van der Waals surface area (Å²) in [5.74, 6) is 0.693. The van der Waals surface area contributed by atoms with E-state index in [0.29, 0.717) is 30.2 Å². The molecule has 0 saturated carbocycles. The molecule has 17 heavy (non-hydrogen) atoms. The van der Waals surface area contributed by atoms with Gasteiger partial charge in [-0.2, -0.15) is 5.26 Å². The van der Waals surface area contributed by atoms with Crippen molar-refractivity contribution in [1.29, 1.82) is 5.26 Å². The molecule has 0 atom stereocenters. The molecule has 0 saturated heterocycles. The molecule has 0 bridgehead atoms. The first-order valence-corrected chi connectivity index (χ1v) is 5.24. The van der Waals surface area contributed by atoms with E-state index in [1.54, 1.807) is 10.6 Å². The van der Waals surface area contributed by atoms with Gasteiger partial charge in [-0.15, -0.1) is 0 Å². The average Bonchev–Trinajstić information content (AvgIpc) is 2.30. The van der Waals surface area contributed by atoms with Crippen LogP contribution < -0.4 is 15.6 Å². The predicted octanol–water partition coefficient (Wildman–Crippen LogP) is 1.82. The summed E-state index contributed by atoms with van der Waals surface area (Å²) < 4.78 is 1.60. The van der Waals surface area contributed by atoms with Gasteiger partial charge in [0.1, 0.15) is 11.6 Å². The molecular formula is C10H14N7+. The Morgan fingerprint density at radius 1 is 1.65 bits per heavy atom. The van der Waals surface area contributed by atoms with E-state index in [4.69, 9.17) is 16.5 Å². The van der Waals surface area contributed by atoms with Gasteiger partial charge in [0, 0.05) is 17.5 Å². The fraction of sp³-hybridized carbons (Fsp3) is 0.400. The van der Waals surface area contributed by atoms with Gasteiger partial charge in [-0.1, -0.05) is 0 Å². The molecule has 0 spiro atoms. The van der Waals surface area contributed by atoms with Crippen molar-refractivity contribution < 1.29 is 4.57 Å². The summed E-state index contributed by atoms with van der Waals surface area (Å²) in [7, 11) is 0. The van der Waals surface area contributed by atoms with Gasteiger partial charge in [0.25, 0.3) is 0 Å². The van der Waals surface area contributed by atoms with Gasteiger partial charge in [-0.25, -0.2) is 0 Å². The van der Waals surface area contributed by atoms with Crippen molar-refractivity contribution in [2.24, 2.45) is 5.11 Å². The molecule has 0 unspecified atom stereocenters. The van der Waals surface area contributed by atoms with Gasteiger partial charge >= 0.3 is 0 Å². The molecule has 3 N–H and O–H groups in total. The Balaban J connectivity index is 3.60. The zero-order valence-electron chi connectivity index (χ0n) is 9.80. The number of nitrogens with two attached hydrogens (primary N) is 1. The van der Waals surface area contributed by atoms with Crippen LogP contribution in [-0.2, 0) is 6.54 Å². The summed E-state index contributed by atoms with van der Waals surface area (Å²) in [6.07, 6.45) is 0. The highest BCUT2D eigenvalue weighted by Crippen LogP contribution is 2.25. The van der Waals surface area contributed by atoms with Crippen LogP contribution in [-0.4, -0.2) is 6.54 Å². The lowest BCUT2D eigenvalue weighted by atomic mass is 10.2. The summed E-state index contributed by atoms with van der Waals surface area (Å²) in [4.78, 5) is 2.74. The van der Waals surface area contributed by atoms with Crippen molar-refractivity contribution in [3.63, 3.8) is 0 Å². The number of nitrogens with zero attached hydrogens (tertiary/aromatic N) is 5. The van der Waals surface area contributed by atoms with Gasteiger partial charge in [0.2, 0.25) is 5.82 Å². The second-order valence-corrected chi connectivity index (χ2v) is 3.26. The van der Waals surface area contributed by atoms with Crippen molar-refractivity contribution >= 4 is 17.3 Å². The normalized spacial score (nSPS) is 9.24. The van der Waals surface area contributed by atoms with Crippen LogP contribution in [0.1, 0.15) is 19.4 Å². The minimum atomic E-state index is 0.244. The standard InChI is InChI=1S/C10H13N7/c1-3-14-8-5-9(12)17(4-2)10(15-16-13)7(8)6-11/h5H,3-4H2,1-2H3,(H2,12,14)/p+1. The zero-order chi connectivity index (χ0) is 12.8. The molecule has 7 heteroatoms. The van der Waals surface area contributed by atoms with Crippen molar-refractivity contribution in [2.75, 3.05) is 17.6 Å². The molecule has 1 aromatic heterocycles. The fourth-order valence-electron chi connectivity index (χ4n) is 1.59. The SMILES string of the molecule is CCNc1cc(N)[n+](CC)c(N=[N+]=[N-])c1C#N. The van der Waals surface area contributed by atoms with E-state index in [-0.39, 0.29) is 5.82 Å². The van der Waals surface area contributed by atoms with Crippen molar-refractivity contribution in [3.8, 4) is 6.07 Å². The third-order valence-corrected chi connectivity index (χ3v) is 2.29. The first kappa shape index (κ1) is 12.6. The molecule has 0 radical (unpaired) electrons. The third kappa shape index (κ3) is 2.38. The van der Waals surface area contributed by atoms with Gasteiger partial charge in [0.05, 0.1) is 12.2 Å². The number of azide groups is 1. The van der Waals surface area contributed by atoms with Crippen LogP contribution >= 0.6 is 0 Å². The zero-order valence-corrected chi connectivity index (χ0v) is 9.80. The van der Waals surface area contributed by atoms with Gasteiger partial charge in [0.15, 0.2) is 5.82 Å². The Hall–Kier alpha value is -2.45. The van der Waals surface area contributed by atoms with E-state index < -0.39 is 0 Å². The van der Waals surface area contributed by atoms with E-state index in [0.717, 1.165) is 0 Å². The highest BCUT2D eigenvalue weighted by Gasteiger charge is 2.16. The van der Waals surface area contributed by atoms with E-state index in [9.17, 15) is 0 Å². The highest BCUT2D eigenvalue weighted by molar-refractivity contribution is 5.66. The predicted molar refractivity (Wildman–Crippen MR) is 64.4 cm³/mol. The van der Waals surface area contributed by atoms with Crippen LogP contribution in [0.25, 0.3) is 10.4 Å². The summed E-state index contributed by atoms with van der Waals surface area (Å²) in [6, 6.07) is 3.70. The molecule has 0 fully saturated rings. The van der Waals surface area contributed by atoms with E-state index in [1.165, 1.54) is 0 Å². The Labute approximate surface area is 99.1 Å². The minimum absolute atomic E-state index is 0.244. The van der Waals surface area contributed by atoms with Crippen LogP contribution in [0.5, 0.6) is 0 Å². The first-order chi connectivity index (χ1) is 8.19. The maximum Gasteiger partial charge on any atom is 0.219 e. The Morgan fingerprint density at radius 3 is 2.82 bits per heavy atom. The van der Waals surface area contributed by atoms with Crippen molar-refractivity contribution in [2.45, 2.75) is 20.4 Å². The second-order valence-electron chi connectivity index (χ2n) is 3.26. The van der Waals surface area contributed by atoms with E-state index in [2.05, 4.69) is 15.3 Å². The number of nitrogen functional groups attached to an aromatic ring is 1. The summed E-state index contributed by atoms with van der Waals surface area (Å²) >= 11 is 0. The Morgan fingerprint density at radius 2 is 2.35 bits per heavy atom. The molecule has 0 aliphatic carbocycles. The quantitative estimate of drug-likeness (QED) is 0.357. The monoisotopic (exact) mass is 232 g/mol. The van der Waals surface area contributed by atoms with Gasteiger partial charge in [-0.3, -0.25) is 4.57 Å². The van der Waals surface area contributed by atoms with Crippen LogP contribution in [0.2, 0.25) is 0 Å². The summed E-state index contributed by atoms with van der Waals surface area (Å²) in [5.41, 5.74) is 15.3. The van der Waals surface area contributed by atoms with E-state index >= 15 is 0 Å². The molecule has 1 heterocycles. The minimum Gasteiger partial charge on any atom is -0.384 e. The molecule has 0 aromatic carbocycles. The number of hydrogen-bond acceptors (Lipinski definition) is 4. The Kier molecular flexibility index (Phi) is 4.14. The first-order valence-electron chi connectivity index (χ1n) is 5.24. The molecule has 0 aliphatic rings. The molecule has 1 rings (SSSR count). The lowest BCUT2D eigenvalue weighted by molar-refractivity contribution is -0.666. The molecule has 0 aliphatic heterocycles. The Bertz CT molecular complexity index is 508. The van der Waals surface area contributed by atoms with E-state index in [1.807, 2.05) is 19.9 Å². The van der Waals surface area contributed by atoms with Crippen LogP contribution in [0.15, 0.2) is 11.2 Å². The number of nitrogens with one attached hydrogen (secondary N) is 1. The third-order valence-electron chi connectivity index (χ3n) is 2.29. The smallest absolute Gasteiger partial charge is 0.219 e. The van der Waals surface area contributed by atoms with Crippen LogP contribution in [0, 0.1) is 11.3 Å². The van der Waals surface area contributed by atoms with Crippen molar-refractivity contribution in [1.82, 2.24) is 0 Å². The number of aromatic nitrogens is 1. The lowest BCUT2D eigenvalue weighted by Crippen LogP contribution is -2.37. The highest BCUT2D eigenvalue weighted by atomic mass is 15.2. The maximum absolute atomic E-state index is 9.14. The lowest BCUT2D eigenvalue weighted by Gasteiger charge is -2.12. The number of anilines is 2. The number of nitriles is 1. The molecule has 1 aromatic rings. The van der Waals surface area contributed by atoms with Gasteiger partial charge in [-0.05, 0) is 24.5 Å². The molecular weight excluding hydrogens is 218 g/mol. The largest absolute Gasteiger partial charge is 0.384 e. The maximum atomic E-state index is 9.14. The topological polar surface area (TPSA) is 114 Å². The molecule has 88 valence electrons. The number of pyridine rings is 1. The average molecular weight is 232 g/mol. The summed E-state index contributed by atoms with van der Waals surface area (Å²) in [5, 5.41) is 15.7. The second kappa shape index (κ2) is 5.58. The molecule has 7 nitrogen and oxygen atoms in total. The number of hydrogen-bond donors (Lipinski definition) is 2. The molecule has 0 amide bonds. The van der Waals surface area contributed by atoms with Crippen LogP contribution in [0.3, 0.4) is 0 Å². The van der Waals surface area contributed by atoms with Gasteiger partial charge < -0.3 is 11.1 Å². The summed E-state index contributed by atoms with van der Waals surface area (Å²) in [6.45, 7) is 4.95. The fourth-order valence-corrected chi connectivity index (χ4v) is 1.59. The van der Waals surface area contributed by atoms with Crippen molar-refractivity contribution in [3.05, 3.63) is 22.1 Å². The number of rotatable bonds is 4.